The van der Waals surface area contributed by atoms with Crippen molar-refractivity contribution in [2.45, 2.75) is 75.4 Å². The normalized spacial score (nSPS) is 25.6. The molecule has 1 heterocycles. The fourth-order valence-electron chi connectivity index (χ4n) is 4.49. The van der Waals surface area contributed by atoms with E-state index in [0.29, 0.717) is 0 Å². The van der Waals surface area contributed by atoms with Gasteiger partial charge in [-0.2, -0.15) is 0 Å². The molecule has 2 aromatic rings. The maximum Gasteiger partial charge on any atom is 0.328 e. The van der Waals surface area contributed by atoms with Crippen molar-refractivity contribution in [1.82, 2.24) is 14.8 Å². The van der Waals surface area contributed by atoms with E-state index < -0.39 is 67.9 Å². The molecule has 14 heteroatoms. The number of sulfonamides is 2. The van der Waals surface area contributed by atoms with Gasteiger partial charge < -0.3 is 14.8 Å². The summed E-state index contributed by atoms with van der Waals surface area (Å²) in [6, 6.07) is 9.72. The van der Waals surface area contributed by atoms with E-state index in [4.69, 9.17) is 9.47 Å². The number of carbonyl (C=O) groups is 3. The number of hydrogen-bond donors (Lipinski definition) is 3. The Balaban J connectivity index is 1.84. The van der Waals surface area contributed by atoms with Gasteiger partial charge in [-0.25, -0.2) is 31.1 Å². The minimum absolute atomic E-state index is 0.0279. The molecule has 0 aromatic heterocycles. The molecule has 256 valence electrons. The van der Waals surface area contributed by atoms with E-state index in [0.717, 1.165) is 11.1 Å². The summed E-state index contributed by atoms with van der Waals surface area (Å²) < 4.78 is 68.6. The van der Waals surface area contributed by atoms with Crippen molar-refractivity contribution in [3.63, 3.8) is 0 Å². The molecule has 0 bridgehead atoms. The molecule has 0 spiro atoms. The molecule has 0 saturated carbocycles. The molecule has 0 radical (unpaired) electrons. The first-order chi connectivity index (χ1) is 22.1. The second kappa shape index (κ2) is 16.8. The molecular weight excluding hydrogens is 647 g/mol. The Morgan fingerprint density at radius 2 is 1.09 bits per heavy atom. The lowest BCUT2D eigenvalue weighted by Gasteiger charge is -2.24. The summed E-state index contributed by atoms with van der Waals surface area (Å²) in [7, 11) is -7.99. The van der Waals surface area contributed by atoms with Crippen molar-refractivity contribution in [2.24, 2.45) is 11.8 Å². The standard InChI is InChI=1S/C33H43N3O9S2/c1-22-12-16-27(17-13-22)46(40,41)35-29-20-44-32(38)11-7-9-25(4)30(36-47(42,43)28-18-14-23(2)15-19-28)21-45-33(39)26(5)34-31(37)10-6-8-24(29)3/h6-9,12-19,24-26,29-30,35-36H,10-11,20-21H2,1-5H3,(H,34,37)/b8-6-,9-7-/t24-,25-,26+,29+,30-/m1/s1. The minimum Gasteiger partial charge on any atom is -0.464 e. The number of cyclic esters (lactones) is 2. The fraction of sp³-hybridized carbons (Fsp3) is 0.424. The van der Waals surface area contributed by atoms with Crippen LogP contribution >= 0.6 is 0 Å². The Bertz CT molecular complexity index is 1670. The second-order valence-electron chi connectivity index (χ2n) is 11.7. The lowest BCUT2D eigenvalue weighted by Crippen LogP contribution is -2.45. The molecule has 47 heavy (non-hydrogen) atoms. The van der Waals surface area contributed by atoms with Gasteiger partial charge in [0.2, 0.25) is 26.0 Å². The minimum atomic E-state index is -4.01. The van der Waals surface area contributed by atoms with E-state index in [2.05, 4.69) is 14.8 Å². The van der Waals surface area contributed by atoms with E-state index in [1.807, 2.05) is 13.8 Å². The topological polar surface area (TPSA) is 174 Å². The van der Waals surface area contributed by atoms with E-state index >= 15 is 0 Å². The zero-order valence-electron chi connectivity index (χ0n) is 27.1. The quantitative estimate of drug-likeness (QED) is 0.304. The number of esters is 2. The molecule has 1 aliphatic heterocycles. The van der Waals surface area contributed by atoms with Gasteiger partial charge in [0.05, 0.1) is 28.3 Å². The number of ether oxygens (including phenoxy) is 2. The van der Waals surface area contributed by atoms with Crippen molar-refractivity contribution >= 4 is 37.9 Å². The zero-order valence-corrected chi connectivity index (χ0v) is 28.8. The van der Waals surface area contributed by atoms with Crippen LogP contribution in [0.4, 0.5) is 0 Å². The molecule has 1 aliphatic rings. The zero-order chi connectivity index (χ0) is 34.8. The first kappa shape index (κ1) is 37.6. The predicted octanol–water partition coefficient (Wildman–Crippen LogP) is 3.07. The molecule has 1 amide bonds. The number of hydrogen-bond acceptors (Lipinski definition) is 9. The molecule has 12 nitrogen and oxygen atoms in total. The average molecular weight is 690 g/mol. The maximum absolute atomic E-state index is 13.2. The summed E-state index contributed by atoms with van der Waals surface area (Å²) in [5.41, 5.74) is 1.77. The summed E-state index contributed by atoms with van der Waals surface area (Å²) in [4.78, 5) is 38.1. The maximum atomic E-state index is 13.2. The first-order valence-electron chi connectivity index (χ1n) is 15.2. The Kier molecular flexibility index (Phi) is 13.5. The van der Waals surface area contributed by atoms with Crippen molar-refractivity contribution in [3.05, 3.63) is 84.0 Å². The second-order valence-corrected chi connectivity index (χ2v) is 15.1. The summed E-state index contributed by atoms with van der Waals surface area (Å²) in [6.45, 7) is 7.88. The van der Waals surface area contributed by atoms with Gasteiger partial charge in [0.1, 0.15) is 19.3 Å². The van der Waals surface area contributed by atoms with Crippen LogP contribution in [-0.2, 0) is 43.9 Å². The number of benzene rings is 2. The van der Waals surface area contributed by atoms with Crippen LogP contribution in [0.25, 0.3) is 0 Å². The van der Waals surface area contributed by atoms with Gasteiger partial charge >= 0.3 is 11.9 Å². The van der Waals surface area contributed by atoms with Gasteiger partial charge in [0.15, 0.2) is 0 Å². The van der Waals surface area contributed by atoms with Gasteiger partial charge in [0, 0.05) is 6.42 Å². The van der Waals surface area contributed by atoms with Crippen LogP contribution in [0.15, 0.2) is 82.6 Å². The number of aryl methyl sites for hydroxylation is 2. The van der Waals surface area contributed by atoms with Crippen LogP contribution in [0.3, 0.4) is 0 Å². The fourth-order valence-corrected chi connectivity index (χ4v) is 7.11. The van der Waals surface area contributed by atoms with Crippen molar-refractivity contribution in [2.75, 3.05) is 13.2 Å². The molecule has 0 aliphatic carbocycles. The van der Waals surface area contributed by atoms with Gasteiger partial charge in [-0.1, -0.05) is 73.5 Å². The lowest BCUT2D eigenvalue weighted by molar-refractivity contribution is -0.148. The molecule has 3 N–H and O–H groups in total. The Morgan fingerprint density at radius 1 is 0.660 bits per heavy atom. The van der Waals surface area contributed by atoms with Crippen LogP contribution in [-0.4, -0.2) is 66.0 Å². The van der Waals surface area contributed by atoms with Crippen LogP contribution < -0.4 is 14.8 Å². The molecule has 0 saturated heterocycles. The van der Waals surface area contributed by atoms with Crippen LogP contribution in [0.2, 0.25) is 0 Å². The molecule has 2 aromatic carbocycles. The summed E-state index contributed by atoms with van der Waals surface area (Å²) >= 11 is 0. The highest BCUT2D eigenvalue weighted by Crippen LogP contribution is 2.17. The van der Waals surface area contributed by atoms with Crippen molar-refractivity contribution in [3.8, 4) is 0 Å². The highest BCUT2D eigenvalue weighted by Gasteiger charge is 2.28. The first-order valence-corrected chi connectivity index (χ1v) is 18.2. The molecular formula is C33H43N3O9S2. The Hall–Kier alpha value is -3.85. The SMILES string of the molecule is Cc1ccc(S(=O)(=O)N[C@H]2COC(=O)C/C=C\[C@@H](C)[C@H](NS(=O)(=O)c3ccc(C)cc3)COC(=O)[C@H](C)NC(=O)C/C=C\[C@H]2C)cc1. The third kappa shape index (κ3) is 11.7. The highest BCUT2D eigenvalue weighted by molar-refractivity contribution is 7.89. The third-order valence-corrected chi connectivity index (χ3v) is 10.6. The molecule has 0 unspecified atom stereocenters. The highest BCUT2D eigenvalue weighted by atomic mass is 32.2. The van der Waals surface area contributed by atoms with Gasteiger partial charge in [0.25, 0.3) is 0 Å². The van der Waals surface area contributed by atoms with Gasteiger partial charge in [-0.05, 0) is 56.9 Å². The van der Waals surface area contributed by atoms with Crippen LogP contribution in [0, 0.1) is 25.7 Å². The summed E-state index contributed by atoms with van der Waals surface area (Å²) in [5.74, 6) is -2.96. The molecule has 0 fully saturated rings. The van der Waals surface area contributed by atoms with Gasteiger partial charge in [-0.15, -0.1) is 0 Å². The van der Waals surface area contributed by atoms with E-state index in [9.17, 15) is 31.2 Å². The van der Waals surface area contributed by atoms with Crippen molar-refractivity contribution in [1.29, 1.82) is 0 Å². The predicted molar refractivity (Wildman–Crippen MR) is 176 cm³/mol. The monoisotopic (exact) mass is 689 g/mol. The average Bonchev–Trinajstić information content (AvgIpc) is 3.00. The van der Waals surface area contributed by atoms with E-state index in [1.54, 1.807) is 50.3 Å². The lowest BCUT2D eigenvalue weighted by atomic mass is 10.0. The molecule has 5 atom stereocenters. The van der Waals surface area contributed by atoms with Gasteiger partial charge in [-0.3, -0.25) is 9.59 Å². The number of amides is 1. The largest absolute Gasteiger partial charge is 0.464 e. The summed E-state index contributed by atoms with van der Waals surface area (Å²) in [6.07, 6.45) is 5.95. The number of rotatable bonds is 6. The third-order valence-electron chi connectivity index (χ3n) is 7.57. The van der Waals surface area contributed by atoms with E-state index in [1.165, 1.54) is 43.3 Å². The van der Waals surface area contributed by atoms with Crippen LogP contribution in [0.5, 0.6) is 0 Å². The smallest absolute Gasteiger partial charge is 0.328 e. The Labute approximate surface area is 277 Å². The summed E-state index contributed by atoms with van der Waals surface area (Å²) in [5, 5.41) is 2.55. The van der Waals surface area contributed by atoms with Crippen molar-refractivity contribution < 1.29 is 40.7 Å². The molecule has 3 rings (SSSR count). The Morgan fingerprint density at radius 3 is 1.55 bits per heavy atom. The number of carbonyl (C=O) groups excluding carboxylic acids is 3. The van der Waals surface area contributed by atoms with Crippen LogP contribution in [0.1, 0.15) is 44.7 Å². The number of nitrogens with one attached hydrogen (secondary N) is 3. The van der Waals surface area contributed by atoms with E-state index in [-0.39, 0.29) is 35.8 Å².